The second kappa shape index (κ2) is 4.73. The topological polar surface area (TPSA) is 64.9 Å². The molecule has 1 saturated carbocycles. The quantitative estimate of drug-likeness (QED) is 0.796. The van der Waals surface area contributed by atoms with E-state index in [2.05, 4.69) is 24.8 Å². The maximum Gasteiger partial charge on any atom is 0.165 e. The molecule has 21 heavy (non-hydrogen) atoms. The normalized spacial score (nSPS) is 14.3. The van der Waals surface area contributed by atoms with E-state index in [1.165, 1.54) is 12.8 Å². The van der Waals surface area contributed by atoms with E-state index in [0.717, 1.165) is 28.4 Å². The fourth-order valence-electron chi connectivity index (χ4n) is 2.37. The molecule has 0 amide bonds. The number of nitrogens with one attached hydrogen (secondary N) is 1. The molecule has 1 aliphatic carbocycles. The predicted molar refractivity (Wildman–Crippen MR) is 79.9 cm³/mol. The van der Waals surface area contributed by atoms with Gasteiger partial charge in [0.2, 0.25) is 0 Å². The number of rotatable bonds is 4. The van der Waals surface area contributed by atoms with Crippen LogP contribution in [0.5, 0.6) is 5.75 Å². The molecule has 0 aliphatic heterocycles. The van der Waals surface area contributed by atoms with Crippen LogP contribution in [-0.2, 0) is 0 Å². The fraction of sp³-hybridized carbons (Fsp3) is 0.267. The third kappa shape index (κ3) is 2.18. The minimum absolute atomic E-state index is 0.554. The Hall–Kier alpha value is -2.63. The Morgan fingerprint density at radius 2 is 1.95 bits per heavy atom. The molecule has 6 nitrogen and oxygen atoms in total. The van der Waals surface area contributed by atoms with Crippen molar-refractivity contribution in [2.75, 3.05) is 12.4 Å². The lowest BCUT2D eigenvalue weighted by Gasteiger charge is -2.07. The number of aromatic nitrogens is 4. The lowest BCUT2D eigenvalue weighted by Crippen LogP contribution is -1.98. The molecule has 1 fully saturated rings. The van der Waals surface area contributed by atoms with Gasteiger partial charge in [-0.3, -0.25) is 0 Å². The highest BCUT2D eigenvalue weighted by Gasteiger charge is 2.26. The predicted octanol–water partition coefficient (Wildman–Crippen LogP) is 2.91. The molecule has 0 saturated heterocycles. The highest BCUT2D eigenvalue weighted by molar-refractivity contribution is 5.85. The molecule has 1 N–H and O–H groups in total. The van der Waals surface area contributed by atoms with Crippen LogP contribution in [0.3, 0.4) is 0 Å². The Bertz CT molecular complexity index is 776. The minimum Gasteiger partial charge on any atom is -0.497 e. The molecule has 6 heteroatoms. The van der Waals surface area contributed by atoms with Gasteiger partial charge in [0.25, 0.3) is 0 Å². The average Bonchev–Trinajstić information content (AvgIpc) is 3.28. The van der Waals surface area contributed by atoms with E-state index in [9.17, 15) is 0 Å². The summed E-state index contributed by atoms with van der Waals surface area (Å²) in [5.41, 5.74) is 2.64. The summed E-state index contributed by atoms with van der Waals surface area (Å²) in [6.45, 7) is 0. The number of methoxy groups -OCH3 is 1. The van der Waals surface area contributed by atoms with Crippen molar-refractivity contribution >= 4 is 22.7 Å². The SMILES string of the molecule is COc1ccc(Nc2ncnc3c2ncn3C2CC2)cc1. The summed E-state index contributed by atoms with van der Waals surface area (Å²) in [7, 11) is 1.65. The molecule has 0 spiro atoms. The van der Waals surface area contributed by atoms with Crippen LogP contribution in [0.15, 0.2) is 36.9 Å². The van der Waals surface area contributed by atoms with Crippen LogP contribution >= 0.6 is 0 Å². The van der Waals surface area contributed by atoms with Crippen LogP contribution in [0.25, 0.3) is 11.2 Å². The molecule has 0 bridgehead atoms. The third-order valence-corrected chi connectivity index (χ3v) is 3.65. The number of anilines is 2. The largest absolute Gasteiger partial charge is 0.497 e. The molecular weight excluding hydrogens is 266 g/mol. The highest BCUT2D eigenvalue weighted by atomic mass is 16.5. The van der Waals surface area contributed by atoms with E-state index in [1.54, 1.807) is 13.4 Å². The summed E-state index contributed by atoms with van der Waals surface area (Å²) >= 11 is 0. The average molecular weight is 281 g/mol. The summed E-state index contributed by atoms with van der Waals surface area (Å²) in [4.78, 5) is 13.1. The second-order valence-corrected chi connectivity index (χ2v) is 5.13. The Kier molecular flexibility index (Phi) is 2.73. The lowest BCUT2D eigenvalue weighted by atomic mass is 10.3. The van der Waals surface area contributed by atoms with Gasteiger partial charge in [-0.15, -0.1) is 0 Å². The third-order valence-electron chi connectivity index (χ3n) is 3.65. The van der Waals surface area contributed by atoms with Gasteiger partial charge in [-0.25, -0.2) is 15.0 Å². The van der Waals surface area contributed by atoms with E-state index in [1.807, 2.05) is 30.6 Å². The maximum atomic E-state index is 5.16. The van der Waals surface area contributed by atoms with Crippen molar-refractivity contribution in [2.45, 2.75) is 18.9 Å². The number of hydrogen-bond acceptors (Lipinski definition) is 5. The molecule has 1 aliphatic rings. The number of ether oxygens (including phenoxy) is 1. The molecule has 3 aromatic rings. The van der Waals surface area contributed by atoms with E-state index in [-0.39, 0.29) is 0 Å². The van der Waals surface area contributed by atoms with Crippen molar-refractivity contribution in [2.24, 2.45) is 0 Å². The van der Waals surface area contributed by atoms with Crippen LogP contribution < -0.4 is 10.1 Å². The number of hydrogen-bond donors (Lipinski definition) is 1. The zero-order valence-corrected chi connectivity index (χ0v) is 11.7. The van der Waals surface area contributed by atoms with Gasteiger partial charge in [0.05, 0.1) is 13.4 Å². The molecule has 2 aromatic heterocycles. The molecule has 0 atom stereocenters. The first-order valence-electron chi connectivity index (χ1n) is 6.94. The van der Waals surface area contributed by atoms with Crippen molar-refractivity contribution in [1.82, 2.24) is 19.5 Å². The lowest BCUT2D eigenvalue weighted by molar-refractivity contribution is 0.415. The zero-order valence-electron chi connectivity index (χ0n) is 11.7. The first-order chi connectivity index (χ1) is 10.3. The van der Waals surface area contributed by atoms with Crippen molar-refractivity contribution in [3.63, 3.8) is 0 Å². The minimum atomic E-state index is 0.554. The summed E-state index contributed by atoms with van der Waals surface area (Å²) in [5.74, 6) is 1.55. The van der Waals surface area contributed by atoms with Crippen LogP contribution in [0.2, 0.25) is 0 Å². The van der Waals surface area contributed by atoms with Gasteiger partial charge in [-0.1, -0.05) is 0 Å². The van der Waals surface area contributed by atoms with Crippen molar-refractivity contribution in [3.05, 3.63) is 36.9 Å². The summed E-state index contributed by atoms with van der Waals surface area (Å²) < 4.78 is 7.29. The Morgan fingerprint density at radius 3 is 2.67 bits per heavy atom. The highest BCUT2D eigenvalue weighted by Crippen LogP contribution is 2.37. The standard InChI is InChI=1S/C15H15N5O/c1-21-12-6-2-10(3-7-12)19-14-13-15(17-8-16-14)20(9-18-13)11-4-5-11/h2-3,6-9,11H,4-5H2,1H3,(H,16,17,19). The van der Waals surface area contributed by atoms with Gasteiger partial charge in [0.1, 0.15) is 12.1 Å². The van der Waals surface area contributed by atoms with E-state index in [4.69, 9.17) is 4.74 Å². The smallest absolute Gasteiger partial charge is 0.165 e. The first kappa shape index (κ1) is 12.1. The van der Waals surface area contributed by atoms with Crippen molar-refractivity contribution < 1.29 is 4.74 Å². The Labute approximate surface area is 121 Å². The van der Waals surface area contributed by atoms with Gasteiger partial charge in [-0.2, -0.15) is 0 Å². The second-order valence-electron chi connectivity index (χ2n) is 5.13. The first-order valence-corrected chi connectivity index (χ1v) is 6.94. The van der Waals surface area contributed by atoms with E-state index < -0.39 is 0 Å². The number of imidazole rings is 1. The van der Waals surface area contributed by atoms with Crippen LogP contribution in [0.1, 0.15) is 18.9 Å². The number of fused-ring (bicyclic) bond motifs is 1. The van der Waals surface area contributed by atoms with Crippen molar-refractivity contribution in [1.29, 1.82) is 0 Å². The Morgan fingerprint density at radius 1 is 1.14 bits per heavy atom. The van der Waals surface area contributed by atoms with Gasteiger partial charge in [-0.05, 0) is 37.1 Å². The van der Waals surface area contributed by atoms with E-state index in [0.29, 0.717) is 6.04 Å². The molecule has 106 valence electrons. The zero-order chi connectivity index (χ0) is 14.2. The molecule has 4 rings (SSSR count). The van der Waals surface area contributed by atoms with E-state index >= 15 is 0 Å². The number of benzene rings is 1. The number of nitrogens with zero attached hydrogens (tertiary/aromatic N) is 4. The van der Waals surface area contributed by atoms with Gasteiger partial charge < -0.3 is 14.6 Å². The maximum absolute atomic E-state index is 5.16. The molecule has 1 aromatic carbocycles. The van der Waals surface area contributed by atoms with Crippen LogP contribution in [0.4, 0.5) is 11.5 Å². The van der Waals surface area contributed by atoms with Gasteiger partial charge in [0, 0.05) is 11.7 Å². The molecule has 0 radical (unpaired) electrons. The fourth-order valence-corrected chi connectivity index (χ4v) is 2.37. The van der Waals surface area contributed by atoms with Crippen LogP contribution in [0, 0.1) is 0 Å². The molecular formula is C15H15N5O. The monoisotopic (exact) mass is 281 g/mol. The van der Waals surface area contributed by atoms with Crippen molar-refractivity contribution in [3.8, 4) is 5.75 Å². The Balaban J connectivity index is 1.69. The summed E-state index contributed by atoms with van der Waals surface area (Å²) in [6, 6.07) is 8.27. The van der Waals surface area contributed by atoms with Crippen LogP contribution in [-0.4, -0.2) is 26.6 Å². The van der Waals surface area contributed by atoms with Gasteiger partial charge >= 0.3 is 0 Å². The molecule has 0 unspecified atom stereocenters. The van der Waals surface area contributed by atoms with Gasteiger partial charge in [0.15, 0.2) is 17.0 Å². The molecule has 2 heterocycles. The summed E-state index contributed by atoms with van der Waals surface area (Å²) in [5, 5.41) is 3.29. The summed E-state index contributed by atoms with van der Waals surface area (Å²) in [6.07, 6.45) is 5.85.